The van der Waals surface area contributed by atoms with Crippen LogP contribution in [0.15, 0.2) is 61.7 Å². The Balaban J connectivity index is 1.94. The highest BCUT2D eigenvalue weighted by Gasteiger charge is 2.12. The van der Waals surface area contributed by atoms with Crippen molar-refractivity contribution >= 4 is 11.8 Å². The molecule has 142 valence electrons. The number of carbonyl (C=O) groups is 2. The highest BCUT2D eigenvalue weighted by molar-refractivity contribution is 6.00. The number of benzene rings is 1. The molecular formula is C21H25N3O3. The minimum atomic E-state index is -0.219. The second-order valence-electron chi connectivity index (χ2n) is 6.08. The smallest absolute Gasteiger partial charge is 0.270 e. The van der Waals surface area contributed by atoms with Gasteiger partial charge in [0.2, 0.25) is 0 Å². The van der Waals surface area contributed by atoms with Crippen molar-refractivity contribution in [3.05, 3.63) is 78.7 Å². The van der Waals surface area contributed by atoms with Crippen molar-refractivity contribution in [2.24, 2.45) is 0 Å². The number of hydrogen-bond acceptors (Lipinski definition) is 3. The first kappa shape index (κ1) is 20.0. The van der Waals surface area contributed by atoms with Gasteiger partial charge in [0.15, 0.2) is 6.61 Å². The van der Waals surface area contributed by atoms with Gasteiger partial charge >= 0.3 is 0 Å². The van der Waals surface area contributed by atoms with Gasteiger partial charge in [-0.3, -0.25) is 19.7 Å². The van der Waals surface area contributed by atoms with Crippen LogP contribution in [0.25, 0.3) is 0 Å². The van der Waals surface area contributed by atoms with Gasteiger partial charge in [0.25, 0.3) is 11.8 Å². The molecule has 0 spiro atoms. The second-order valence-corrected chi connectivity index (χ2v) is 6.08. The highest BCUT2D eigenvalue weighted by atomic mass is 16.5. The molecule has 0 unspecified atom stereocenters. The number of nitrogens with zero attached hydrogens (tertiary/aromatic N) is 2. The average Bonchev–Trinajstić information content (AvgIpc) is 2.98. The van der Waals surface area contributed by atoms with Gasteiger partial charge in [-0.1, -0.05) is 12.2 Å². The minimum Gasteiger partial charge on any atom is -0.484 e. The molecule has 2 rings (SSSR count). The number of rotatable bonds is 9. The lowest BCUT2D eigenvalue weighted by atomic mass is 10.2. The summed E-state index contributed by atoms with van der Waals surface area (Å²) < 4.78 is 7.26. The Morgan fingerprint density at radius 1 is 1.04 bits per heavy atom. The molecule has 0 aliphatic rings. The van der Waals surface area contributed by atoms with Gasteiger partial charge in [0.05, 0.1) is 0 Å². The van der Waals surface area contributed by atoms with Gasteiger partial charge in [0.1, 0.15) is 5.75 Å². The molecule has 27 heavy (non-hydrogen) atoms. The minimum absolute atomic E-state index is 0.0883. The van der Waals surface area contributed by atoms with Crippen molar-refractivity contribution in [3.8, 4) is 5.75 Å². The Hall–Kier alpha value is -3.28. The molecule has 0 bridgehead atoms. The molecular weight excluding hydrogens is 342 g/mol. The standard InChI is InChI=1S/C21H25N3O3/c1-5-13-23(14-6-2)20(25)15-27-19-11-9-18(10-12-19)21(26)22-24-16(3)7-8-17(24)4/h5-12H,1-2,13-15H2,3-4H3,(H,22,26). The third kappa shape index (κ3) is 5.34. The fourth-order valence-corrected chi connectivity index (χ4v) is 2.54. The predicted octanol–water partition coefficient (Wildman–Crippen LogP) is 3.07. The number of nitrogens with one attached hydrogen (secondary N) is 1. The van der Waals surface area contributed by atoms with Gasteiger partial charge < -0.3 is 9.64 Å². The number of amides is 2. The number of aromatic nitrogens is 1. The molecule has 0 saturated carbocycles. The molecule has 0 atom stereocenters. The average molecular weight is 367 g/mol. The van der Waals surface area contributed by atoms with E-state index in [1.165, 1.54) is 0 Å². The fourth-order valence-electron chi connectivity index (χ4n) is 2.54. The lowest BCUT2D eigenvalue weighted by molar-refractivity contribution is -0.132. The van der Waals surface area contributed by atoms with E-state index in [0.29, 0.717) is 24.4 Å². The van der Waals surface area contributed by atoms with Crippen LogP contribution < -0.4 is 10.2 Å². The van der Waals surface area contributed by atoms with E-state index in [-0.39, 0.29) is 18.4 Å². The third-order valence-electron chi connectivity index (χ3n) is 4.01. The zero-order valence-corrected chi connectivity index (χ0v) is 15.8. The number of carbonyl (C=O) groups excluding carboxylic acids is 2. The molecule has 1 N–H and O–H groups in total. The maximum absolute atomic E-state index is 12.4. The molecule has 0 saturated heterocycles. The van der Waals surface area contributed by atoms with Crippen LogP contribution in [-0.4, -0.2) is 41.1 Å². The summed E-state index contributed by atoms with van der Waals surface area (Å²) in [7, 11) is 0. The molecule has 2 amide bonds. The summed E-state index contributed by atoms with van der Waals surface area (Å²) >= 11 is 0. The van der Waals surface area contributed by atoms with Crippen molar-refractivity contribution in [3.63, 3.8) is 0 Å². The zero-order chi connectivity index (χ0) is 19.8. The summed E-state index contributed by atoms with van der Waals surface area (Å²) in [6.45, 7) is 11.9. The van der Waals surface area contributed by atoms with Crippen LogP contribution in [0, 0.1) is 13.8 Å². The van der Waals surface area contributed by atoms with Crippen LogP contribution in [0.2, 0.25) is 0 Å². The predicted molar refractivity (Wildman–Crippen MR) is 107 cm³/mol. The lowest BCUT2D eigenvalue weighted by Gasteiger charge is -2.19. The van der Waals surface area contributed by atoms with E-state index >= 15 is 0 Å². The topological polar surface area (TPSA) is 63.6 Å². The maximum Gasteiger partial charge on any atom is 0.270 e. The number of aryl methyl sites for hydroxylation is 2. The van der Waals surface area contributed by atoms with E-state index in [2.05, 4.69) is 18.6 Å². The Bertz CT molecular complexity index is 792. The van der Waals surface area contributed by atoms with Crippen LogP contribution >= 0.6 is 0 Å². The lowest BCUT2D eigenvalue weighted by Crippen LogP contribution is -2.35. The van der Waals surface area contributed by atoms with Gasteiger partial charge in [-0.05, 0) is 50.2 Å². The first-order valence-electron chi connectivity index (χ1n) is 8.65. The van der Waals surface area contributed by atoms with Crippen molar-refractivity contribution in [2.45, 2.75) is 13.8 Å². The molecule has 1 aromatic carbocycles. The first-order valence-corrected chi connectivity index (χ1v) is 8.65. The Kier molecular flexibility index (Phi) is 7.00. The Morgan fingerprint density at radius 3 is 2.11 bits per heavy atom. The van der Waals surface area contributed by atoms with E-state index < -0.39 is 0 Å². The summed E-state index contributed by atoms with van der Waals surface area (Å²) in [6, 6.07) is 10.5. The first-order chi connectivity index (χ1) is 13.0. The van der Waals surface area contributed by atoms with Crippen molar-refractivity contribution in [1.29, 1.82) is 0 Å². The van der Waals surface area contributed by atoms with E-state index in [4.69, 9.17) is 4.74 Å². The summed E-state index contributed by atoms with van der Waals surface area (Å²) in [5.41, 5.74) is 5.24. The molecule has 0 aliphatic heterocycles. The molecule has 0 aliphatic carbocycles. The molecule has 0 fully saturated rings. The zero-order valence-electron chi connectivity index (χ0n) is 15.8. The maximum atomic E-state index is 12.4. The van der Waals surface area contributed by atoms with E-state index in [1.54, 1.807) is 46.0 Å². The summed E-state index contributed by atoms with van der Waals surface area (Å²) in [4.78, 5) is 26.1. The SMILES string of the molecule is C=CCN(CC=C)C(=O)COc1ccc(C(=O)Nn2c(C)ccc2C)cc1. The monoisotopic (exact) mass is 367 g/mol. The fraction of sp³-hybridized carbons (Fsp3) is 0.238. The summed E-state index contributed by atoms with van der Waals surface area (Å²) in [6.07, 6.45) is 3.31. The Labute approximate surface area is 159 Å². The molecule has 0 radical (unpaired) electrons. The quantitative estimate of drug-likeness (QED) is 0.693. The van der Waals surface area contributed by atoms with Gasteiger partial charge in [-0.15, -0.1) is 13.2 Å². The van der Waals surface area contributed by atoms with Gasteiger partial charge in [-0.25, -0.2) is 0 Å². The van der Waals surface area contributed by atoms with Crippen LogP contribution in [0.4, 0.5) is 0 Å². The van der Waals surface area contributed by atoms with Gasteiger partial charge in [0, 0.05) is 30.0 Å². The van der Waals surface area contributed by atoms with Crippen LogP contribution in [0.5, 0.6) is 5.75 Å². The third-order valence-corrected chi connectivity index (χ3v) is 4.01. The number of hydrogen-bond donors (Lipinski definition) is 1. The van der Waals surface area contributed by atoms with Crippen LogP contribution in [0.1, 0.15) is 21.7 Å². The van der Waals surface area contributed by atoms with Crippen LogP contribution in [0.3, 0.4) is 0 Å². The second kappa shape index (κ2) is 9.43. The van der Waals surface area contributed by atoms with Gasteiger partial charge in [-0.2, -0.15) is 0 Å². The largest absolute Gasteiger partial charge is 0.484 e. The summed E-state index contributed by atoms with van der Waals surface area (Å²) in [5, 5.41) is 0. The molecule has 6 nitrogen and oxygen atoms in total. The van der Waals surface area contributed by atoms with Crippen molar-refractivity contribution < 1.29 is 14.3 Å². The number of ether oxygens (including phenoxy) is 1. The summed E-state index contributed by atoms with van der Waals surface area (Å²) in [5.74, 6) is 0.142. The van der Waals surface area contributed by atoms with Crippen molar-refractivity contribution in [1.82, 2.24) is 9.58 Å². The molecule has 2 aromatic rings. The Morgan fingerprint density at radius 2 is 1.59 bits per heavy atom. The molecule has 6 heteroatoms. The van der Waals surface area contributed by atoms with E-state index in [0.717, 1.165) is 11.4 Å². The normalized spacial score (nSPS) is 10.1. The van der Waals surface area contributed by atoms with E-state index in [9.17, 15) is 9.59 Å². The van der Waals surface area contributed by atoms with Crippen LogP contribution in [-0.2, 0) is 4.79 Å². The molecule has 1 aromatic heterocycles. The van der Waals surface area contributed by atoms with Crippen molar-refractivity contribution in [2.75, 3.05) is 25.1 Å². The van der Waals surface area contributed by atoms with E-state index in [1.807, 2.05) is 26.0 Å². The highest BCUT2D eigenvalue weighted by Crippen LogP contribution is 2.13. The molecule has 1 heterocycles.